The van der Waals surface area contributed by atoms with Crippen LogP contribution in [0.5, 0.6) is 0 Å². The van der Waals surface area contributed by atoms with Crippen LogP contribution >= 0.6 is 22.9 Å². The molecule has 3 rings (SSSR count). The van der Waals surface area contributed by atoms with Crippen molar-refractivity contribution in [3.05, 3.63) is 57.4 Å². The normalized spacial score (nSPS) is 11.3. The highest BCUT2D eigenvalue weighted by Crippen LogP contribution is 2.23. The Bertz CT molecular complexity index is 763. The Morgan fingerprint density at radius 2 is 2.09 bits per heavy atom. The molecule has 114 valence electrons. The molecule has 0 atom stereocenters. The average molecular weight is 333 g/mol. The van der Waals surface area contributed by atoms with E-state index in [4.69, 9.17) is 11.6 Å². The fourth-order valence-electron chi connectivity index (χ4n) is 2.30. The number of nitrogens with zero attached hydrogens (tertiary/aromatic N) is 4. The number of halogens is 1. The Balaban J connectivity index is 1.78. The van der Waals surface area contributed by atoms with E-state index in [1.165, 1.54) is 10.4 Å². The summed E-state index contributed by atoms with van der Waals surface area (Å²) in [6, 6.07) is 12.3. The summed E-state index contributed by atoms with van der Waals surface area (Å²) in [7, 11) is 4.13. The number of thiophene rings is 1. The molecular formula is C16H17ClN4S. The number of aromatic nitrogens is 3. The maximum Gasteiger partial charge on any atom is 0.113 e. The van der Waals surface area contributed by atoms with Crippen LogP contribution in [0.1, 0.15) is 10.4 Å². The van der Waals surface area contributed by atoms with E-state index in [0.717, 1.165) is 22.1 Å². The van der Waals surface area contributed by atoms with Gasteiger partial charge >= 0.3 is 0 Å². The molecule has 0 spiro atoms. The van der Waals surface area contributed by atoms with Crippen LogP contribution in [-0.2, 0) is 13.1 Å². The quantitative estimate of drug-likeness (QED) is 0.713. The third kappa shape index (κ3) is 3.74. The second-order valence-corrected chi connectivity index (χ2v) is 7.24. The summed E-state index contributed by atoms with van der Waals surface area (Å²) in [5.74, 6) is 0. The predicted molar refractivity (Wildman–Crippen MR) is 91.3 cm³/mol. The molecule has 0 radical (unpaired) electrons. The van der Waals surface area contributed by atoms with E-state index < -0.39 is 0 Å². The number of benzene rings is 1. The first-order chi connectivity index (χ1) is 10.6. The number of hydrogen-bond acceptors (Lipinski definition) is 4. The van der Waals surface area contributed by atoms with Crippen LogP contribution in [0.4, 0.5) is 0 Å². The van der Waals surface area contributed by atoms with Crippen molar-refractivity contribution in [2.24, 2.45) is 0 Å². The van der Waals surface area contributed by atoms with E-state index in [9.17, 15) is 0 Å². The van der Waals surface area contributed by atoms with Gasteiger partial charge in [0.2, 0.25) is 0 Å². The lowest BCUT2D eigenvalue weighted by Gasteiger charge is -2.09. The van der Waals surface area contributed by atoms with Gasteiger partial charge in [-0.25, -0.2) is 4.68 Å². The van der Waals surface area contributed by atoms with Crippen molar-refractivity contribution in [1.82, 2.24) is 19.9 Å². The molecule has 1 aromatic carbocycles. The number of rotatable bonds is 5. The summed E-state index contributed by atoms with van der Waals surface area (Å²) in [4.78, 5) is 3.32. The topological polar surface area (TPSA) is 34.0 Å². The van der Waals surface area contributed by atoms with E-state index in [1.54, 1.807) is 11.3 Å². The van der Waals surface area contributed by atoms with Crippen molar-refractivity contribution in [3.63, 3.8) is 0 Å². The highest BCUT2D eigenvalue weighted by molar-refractivity contribution is 7.16. The molecule has 0 bridgehead atoms. The van der Waals surface area contributed by atoms with Crippen molar-refractivity contribution in [2.75, 3.05) is 14.1 Å². The van der Waals surface area contributed by atoms with Crippen LogP contribution in [0, 0.1) is 0 Å². The smallest absolute Gasteiger partial charge is 0.113 e. The molecule has 0 fully saturated rings. The Morgan fingerprint density at radius 3 is 2.82 bits per heavy atom. The molecule has 3 aromatic rings. The minimum atomic E-state index is 0.696. The van der Waals surface area contributed by atoms with Gasteiger partial charge in [0.15, 0.2) is 0 Å². The summed E-state index contributed by atoms with van der Waals surface area (Å²) in [6.07, 6.45) is 1.97. The maximum absolute atomic E-state index is 5.96. The van der Waals surface area contributed by atoms with Crippen molar-refractivity contribution >= 4 is 22.9 Å². The minimum Gasteiger partial charge on any atom is -0.305 e. The molecule has 0 amide bonds. The summed E-state index contributed by atoms with van der Waals surface area (Å²) in [6.45, 7) is 1.61. The molecule has 2 heterocycles. The van der Waals surface area contributed by atoms with Crippen molar-refractivity contribution in [3.8, 4) is 11.3 Å². The van der Waals surface area contributed by atoms with E-state index in [2.05, 4.69) is 53.6 Å². The fourth-order valence-corrected chi connectivity index (χ4v) is 3.38. The zero-order chi connectivity index (χ0) is 15.5. The Labute approximate surface area is 139 Å². The maximum atomic E-state index is 5.96. The van der Waals surface area contributed by atoms with Gasteiger partial charge in [0.25, 0.3) is 0 Å². The zero-order valence-corrected chi connectivity index (χ0v) is 14.1. The zero-order valence-electron chi connectivity index (χ0n) is 12.5. The fraction of sp³-hybridized carbons (Fsp3) is 0.250. The third-order valence-corrected chi connectivity index (χ3v) is 4.42. The lowest BCUT2D eigenvalue weighted by molar-refractivity contribution is 0.402. The second kappa shape index (κ2) is 6.60. The minimum absolute atomic E-state index is 0.696. The molecule has 0 saturated carbocycles. The van der Waals surface area contributed by atoms with Gasteiger partial charge in [-0.2, -0.15) is 0 Å². The summed E-state index contributed by atoms with van der Waals surface area (Å²) < 4.78 is 2.64. The van der Waals surface area contributed by atoms with Crippen LogP contribution < -0.4 is 0 Å². The van der Waals surface area contributed by atoms with Crippen LogP contribution in [-0.4, -0.2) is 34.0 Å². The SMILES string of the molecule is CN(C)Cc1cccc(-c2cn(Cc3ccc(Cl)s3)nn2)c1. The Hall–Kier alpha value is -1.69. The van der Waals surface area contributed by atoms with E-state index in [1.807, 2.05) is 23.0 Å². The van der Waals surface area contributed by atoms with Gasteiger partial charge in [-0.05, 0) is 37.9 Å². The predicted octanol–water partition coefficient (Wildman–Crippen LogP) is 3.77. The molecule has 0 aliphatic carbocycles. The van der Waals surface area contributed by atoms with E-state index in [-0.39, 0.29) is 0 Å². The summed E-state index contributed by atoms with van der Waals surface area (Å²) >= 11 is 7.52. The molecule has 0 N–H and O–H groups in total. The number of hydrogen-bond donors (Lipinski definition) is 0. The van der Waals surface area contributed by atoms with Crippen molar-refractivity contribution in [2.45, 2.75) is 13.1 Å². The molecule has 0 saturated heterocycles. The van der Waals surface area contributed by atoms with Gasteiger partial charge in [0.1, 0.15) is 5.69 Å². The first-order valence-electron chi connectivity index (χ1n) is 6.98. The van der Waals surface area contributed by atoms with Crippen LogP contribution in [0.15, 0.2) is 42.6 Å². The highest BCUT2D eigenvalue weighted by Gasteiger charge is 2.07. The highest BCUT2D eigenvalue weighted by atomic mass is 35.5. The molecule has 22 heavy (non-hydrogen) atoms. The van der Waals surface area contributed by atoms with Gasteiger partial charge in [0.05, 0.1) is 17.1 Å². The molecule has 4 nitrogen and oxygen atoms in total. The van der Waals surface area contributed by atoms with E-state index in [0.29, 0.717) is 6.54 Å². The lowest BCUT2D eigenvalue weighted by atomic mass is 10.1. The van der Waals surface area contributed by atoms with Gasteiger partial charge in [-0.3, -0.25) is 0 Å². The van der Waals surface area contributed by atoms with E-state index >= 15 is 0 Å². The van der Waals surface area contributed by atoms with Gasteiger partial charge in [-0.1, -0.05) is 35.0 Å². The van der Waals surface area contributed by atoms with Gasteiger partial charge in [0, 0.05) is 17.0 Å². The molecule has 0 unspecified atom stereocenters. The van der Waals surface area contributed by atoms with Crippen molar-refractivity contribution < 1.29 is 0 Å². The standard InChI is InChI=1S/C16H17ClN4S/c1-20(2)9-12-4-3-5-13(8-12)15-11-21(19-18-15)10-14-6-7-16(17)22-14/h3-8,11H,9-10H2,1-2H3. The average Bonchev–Trinajstić information content (AvgIpc) is 3.08. The second-order valence-electron chi connectivity index (χ2n) is 5.45. The largest absolute Gasteiger partial charge is 0.305 e. The van der Waals surface area contributed by atoms with Crippen LogP contribution in [0.2, 0.25) is 4.34 Å². The molecule has 2 aromatic heterocycles. The van der Waals surface area contributed by atoms with Gasteiger partial charge < -0.3 is 4.90 Å². The first kappa shape index (κ1) is 15.2. The third-order valence-electron chi connectivity index (χ3n) is 3.21. The molecule has 0 aliphatic rings. The molecule has 0 aliphatic heterocycles. The first-order valence-corrected chi connectivity index (χ1v) is 8.18. The molecule has 6 heteroatoms. The Morgan fingerprint density at radius 1 is 1.23 bits per heavy atom. The lowest BCUT2D eigenvalue weighted by Crippen LogP contribution is -2.10. The molecular weight excluding hydrogens is 316 g/mol. The van der Waals surface area contributed by atoms with Crippen LogP contribution in [0.3, 0.4) is 0 Å². The van der Waals surface area contributed by atoms with Crippen LogP contribution in [0.25, 0.3) is 11.3 Å². The van der Waals surface area contributed by atoms with Gasteiger partial charge in [-0.15, -0.1) is 16.4 Å². The Kier molecular flexibility index (Phi) is 4.57. The summed E-state index contributed by atoms with van der Waals surface area (Å²) in [5, 5.41) is 8.49. The summed E-state index contributed by atoms with van der Waals surface area (Å²) in [5.41, 5.74) is 3.25. The van der Waals surface area contributed by atoms with Crippen molar-refractivity contribution in [1.29, 1.82) is 0 Å². The monoisotopic (exact) mass is 332 g/mol.